The van der Waals surface area contributed by atoms with Gasteiger partial charge in [-0.15, -0.1) is 0 Å². The molecule has 1 saturated heterocycles. The molecule has 1 aliphatic heterocycles. The van der Waals surface area contributed by atoms with E-state index in [0.717, 1.165) is 0 Å². The summed E-state index contributed by atoms with van der Waals surface area (Å²) < 4.78 is 13.5. The smallest absolute Gasteiger partial charge is 0.318 e. The molecule has 5 heteroatoms. The molecule has 1 aromatic carbocycles. The van der Waals surface area contributed by atoms with E-state index < -0.39 is 0 Å². The van der Waals surface area contributed by atoms with Gasteiger partial charge in [0.1, 0.15) is 5.82 Å². The van der Waals surface area contributed by atoms with Gasteiger partial charge in [-0.25, -0.2) is 9.18 Å². The fourth-order valence-corrected chi connectivity index (χ4v) is 1.90. The maximum absolute atomic E-state index is 13.5. The van der Waals surface area contributed by atoms with Crippen LogP contribution in [0.3, 0.4) is 0 Å². The van der Waals surface area contributed by atoms with Crippen LogP contribution >= 0.6 is 0 Å². The number of carbonyl (C=O) groups excluding carboxylic acids is 1. The molecule has 88 valence electrons. The second-order valence-electron chi connectivity index (χ2n) is 3.88. The van der Waals surface area contributed by atoms with Crippen molar-refractivity contribution in [2.75, 3.05) is 13.1 Å². The molecule has 0 radical (unpaired) electrons. The van der Waals surface area contributed by atoms with Crippen molar-refractivity contribution in [3.63, 3.8) is 0 Å². The van der Waals surface area contributed by atoms with Crippen molar-refractivity contribution in [1.29, 1.82) is 5.26 Å². The lowest BCUT2D eigenvalue weighted by Gasteiger charge is -2.12. The largest absolute Gasteiger partial charge is 0.329 e. The van der Waals surface area contributed by atoms with Gasteiger partial charge in [0.15, 0.2) is 0 Å². The Kier molecular flexibility index (Phi) is 3.24. The summed E-state index contributed by atoms with van der Waals surface area (Å²) in [6, 6.07) is 7.80. The first kappa shape index (κ1) is 11.4. The maximum atomic E-state index is 13.5. The van der Waals surface area contributed by atoms with Crippen LogP contribution in [0.25, 0.3) is 0 Å². The molecule has 2 rings (SSSR count). The minimum absolute atomic E-state index is 0.242. The van der Waals surface area contributed by atoms with E-state index in [1.165, 1.54) is 11.0 Å². The third-order valence-corrected chi connectivity index (χ3v) is 2.76. The maximum Gasteiger partial charge on any atom is 0.318 e. The number of hydrogen-bond donors (Lipinski definition) is 1. The molecular weight excluding hydrogens is 221 g/mol. The Morgan fingerprint density at radius 2 is 2.29 bits per heavy atom. The van der Waals surface area contributed by atoms with E-state index in [4.69, 9.17) is 5.26 Å². The Bertz CT molecular complexity index is 469. The van der Waals surface area contributed by atoms with Crippen LogP contribution in [0.2, 0.25) is 0 Å². The second kappa shape index (κ2) is 4.83. The molecule has 1 aromatic rings. The fraction of sp³-hybridized carbons (Fsp3) is 0.333. The van der Waals surface area contributed by atoms with Crippen LogP contribution in [0.1, 0.15) is 18.0 Å². The third-order valence-electron chi connectivity index (χ3n) is 2.76. The van der Waals surface area contributed by atoms with Gasteiger partial charge in [0, 0.05) is 18.7 Å². The van der Waals surface area contributed by atoms with Crippen LogP contribution in [0, 0.1) is 17.1 Å². The van der Waals surface area contributed by atoms with Gasteiger partial charge in [-0.3, -0.25) is 0 Å². The number of nitrogens with one attached hydrogen (secondary N) is 1. The Balaban J connectivity index is 2.09. The lowest BCUT2D eigenvalue weighted by molar-refractivity contribution is 0.218. The van der Waals surface area contributed by atoms with Gasteiger partial charge < -0.3 is 10.2 Å². The topological polar surface area (TPSA) is 56.1 Å². The molecule has 1 unspecified atom stereocenters. The Morgan fingerprint density at radius 1 is 1.53 bits per heavy atom. The molecule has 1 heterocycles. The van der Waals surface area contributed by atoms with E-state index >= 15 is 0 Å². The van der Waals surface area contributed by atoms with Crippen molar-refractivity contribution in [2.24, 2.45) is 0 Å². The summed E-state index contributed by atoms with van der Waals surface area (Å²) in [6.07, 6.45) is 0.289. The lowest BCUT2D eigenvalue weighted by atomic mass is 10.1. The van der Waals surface area contributed by atoms with Crippen LogP contribution < -0.4 is 5.32 Å². The van der Waals surface area contributed by atoms with Crippen molar-refractivity contribution in [2.45, 2.75) is 12.5 Å². The van der Waals surface area contributed by atoms with Crippen LogP contribution in [0.5, 0.6) is 0 Å². The molecule has 0 spiro atoms. The molecule has 0 aliphatic carbocycles. The molecule has 0 saturated carbocycles. The standard InChI is InChI=1S/C12H12FN3O/c13-10-5-2-1-4-9(10)11-8-16(7-3-6-14)12(17)15-11/h1-2,4-5,11H,3,7-8H2,(H,15,17). The predicted molar refractivity (Wildman–Crippen MR) is 59.5 cm³/mol. The zero-order valence-electron chi connectivity index (χ0n) is 9.19. The van der Waals surface area contributed by atoms with E-state index in [-0.39, 0.29) is 24.3 Å². The Labute approximate surface area is 98.6 Å². The van der Waals surface area contributed by atoms with E-state index in [9.17, 15) is 9.18 Å². The van der Waals surface area contributed by atoms with Gasteiger partial charge in [-0.1, -0.05) is 18.2 Å². The summed E-state index contributed by atoms with van der Waals surface area (Å²) in [4.78, 5) is 13.1. The zero-order chi connectivity index (χ0) is 12.3. The number of amides is 2. The number of halogens is 1. The molecule has 1 atom stereocenters. The molecule has 1 aliphatic rings. The quantitative estimate of drug-likeness (QED) is 0.865. The molecule has 4 nitrogen and oxygen atoms in total. The molecule has 0 bridgehead atoms. The first-order valence-corrected chi connectivity index (χ1v) is 5.39. The first-order valence-electron chi connectivity index (χ1n) is 5.39. The summed E-state index contributed by atoms with van der Waals surface area (Å²) in [5.74, 6) is -0.320. The van der Waals surface area contributed by atoms with Gasteiger partial charge in [0.2, 0.25) is 0 Å². The molecule has 17 heavy (non-hydrogen) atoms. The van der Waals surface area contributed by atoms with Crippen LogP contribution in [0.4, 0.5) is 9.18 Å². The SMILES string of the molecule is N#CCCN1CC(c2ccccc2F)NC1=O. The second-order valence-corrected chi connectivity index (χ2v) is 3.88. The van der Waals surface area contributed by atoms with Crippen LogP contribution in [-0.4, -0.2) is 24.0 Å². The van der Waals surface area contributed by atoms with Crippen LogP contribution in [0.15, 0.2) is 24.3 Å². The number of carbonyl (C=O) groups is 1. The summed E-state index contributed by atoms with van der Waals surface area (Å²) in [6.45, 7) is 0.786. The first-order chi connectivity index (χ1) is 8.22. The Hall–Kier alpha value is -2.09. The summed E-state index contributed by atoms with van der Waals surface area (Å²) in [5, 5.41) is 11.2. The number of nitriles is 1. The van der Waals surface area contributed by atoms with E-state index in [2.05, 4.69) is 5.32 Å². The normalized spacial score (nSPS) is 18.9. The van der Waals surface area contributed by atoms with Crippen molar-refractivity contribution >= 4 is 6.03 Å². The highest BCUT2D eigenvalue weighted by atomic mass is 19.1. The van der Waals surface area contributed by atoms with E-state index in [1.807, 2.05) is 6.07 Å². The van der Waals surface area contributed by atoms with Gasteiger partial charge in [-0.2, -0.15) is 5.26 Å². The van der Waals surface area contributed by atoms with E-state index in [1.54, 1.807) is 18.2 Å². The van der Waals surface area contributed by atoms with Crippen molar-refractivity contribution in [3.05, 3.63) is 35.6 Å². The number of benzene rings is 1. The van der Waals surface area contributed by atoms with Gasteiger partial charge in [-0.05, 0) is 6.07 Å². The minimum Gasteiger partial charge on any atom is -0.329 e. The summed E-state index contributed by atoms with van der Waals surface area (Å²) >= 11 is 0. The highest BCUT2D eigenvalue weighted by molar-refractivity contribution is 5.77. The van der Waals surface area contributed by atoms with Crippen molar-refractivity contribution in [3.8, 4) is 6.07 Å². The average molecular weight is 233 g/mol. The predicted octanol–water partition coefficient (Wildman–Crippen LogP) is 1.81. The minimum atomic E-state index is -0.331. The summed E-state index contributed by atoms with van der Waals surface area (Å²) in [7, 11) is 0. The fourth-order valence-electron chi connectivity index (χ4n) is 1.90. The molecule has 1 fully saturated rings. The molecule has 1 N–H and O–H groups in total. The number of urea groups is 1. The molecular formula is C12H12FN3O. The highest BCUT2D eigenvalue weighted by Gasteiger charge is 2.30. The highest BCUT2D eigenvalue weighted by Crippen LogP contribution is 2.22. The lowest BCUT2D eigenvalue weighted by Crippen LogP contribution is -2.28. The number of rotatable bonds is 3. The Morgan fingerprint density at radius 3 is 3.00 bits per heavy atom. The third kappa shape index (κ3) is 2.36. The van der Waals surface area contributed by atoms with Crippen molar-refractivity contribution in [1.82, 2.24) is 10.2 Å². The van der Waals surface area contributed by atoms with Crippen LogP contribution in [-0.2, 0) is 0 Å². The van der Waals surface area contributed by atoms with E-state index in [0.29, 0.717) is 18.7 Å². The zero-order valence-corrected chi connectivity index (χ0v) is 9.19. The number of hydrogen-bond acceptors (Lipinski definition) is 2. The van der Waals surface area contributed by atoms with Gasteiger partial charge >= 0.3 is 6.03 Å². The van der Waals surface area contributed by atoms with Gasteiger partial charge in [0.25, 0.3) is 0 Å². The van der Waals surface area contributed by atoms with Crippen molar-refractivity contribution < 1.29 is 9.18 Å². The number of nitrogens with zero attached hydrogens (tertiary/aromatic N) is 2. The molecule has 0 aromatic heterocycles. The monoisotopic (exact) mass is 233 g/mol. The summed E-state index contributed by atoms with van der Waals surface area (Å²) in [5.41, 5.74) is 0.486. The molecule has 2 amide bonds. The van der Waals surface area contributed by atoms with Gasteiger partial charge in [0.05, 0.1) is 18.5 Å². The average Bonchev–Trinajstić information content (AvgIpc) is 2.68.